The first-order chi connectivity index (χ1) is 10.5. The van der Waals surface area contributed by atoms with Crippen molar-refractivity contribution in [1.29, 1.82) is 0 Å². The second kappa shape index (κ2) is 6.91. The van der Waals surface area contributed by atoms with Gasteiger partial charge in [-0.1, -0.05) is 17.7 Å². The first kappa shape index (κ1) is 15.8. The van der Waals surface area contributed by atoms with Gasteiger partial charge in [0.2, 0.25) is 5.75 Å². The summed E-state index contributed by atoms with van der Waals surface area (Å²) in [6, 6.07) is 10.3. The van der Waals surface area contributed by atoms with Gasteiger partial charge in [-0.3, -0.25) is 10.1 Å². The maximum atomic E-state index is 11.7. The number of ether oxygens (including phenoxy) is 2. The minimum atomic E-state index is -0.587. The minimum absolute atomic E-state index is 0.0374. The van der Waals surface area contributed by atoms with Crippen molar-refractivity contribution in [1.82, 2.24) is 0 Å². The molecular formula is C15H12ClNO5. The Kier molecular flexibility index (Phi) is 4.95. The summed E-state index contributed by atoms with van der Waals surface area (Å²) in [6.45, 7) is 1.96. The summed E-state index contributed by atoms with van der Waals surface area (Å²) < 4.78 is 10.4. The number of benzene rings is 2. The summed E-state index contributed by atoms with van der Waals surface area (Å²) >= 11 is 5.74. The number of rotatable bonds is 5. The zero-order valence-corrected chi connectivity index (χ0v) is 12.4. The highest BCUT2D eigenvalue weighted by atomic mass is 35.5. The average molecular weight is 322 g/mol. The van der Waals surface area contributed by atoms with E-state index in [0.717, 1.165) is 0 Å². The molecule has 2 rings (SSSR count). The van der Waals surface area contributed by atoms with Gasteiger partial charge in [-0.25, -0.2) is 4.79 Å². The zero-order valence-electron chi connectivity index (χ0n) is 11.6. The Morgan fingerprint density at radius 1 is 1.27 bits per heavy atom. The molecule has 0 unspecified atom stereocenters. The van der Waals surface area contributed by atoms with Gasteiger partial charge in [-0.2, -0.15) is 0 Å². The minimum Gasteiger partial charge on any atom is -0.462 e. The summed E-state index contributed by atoms with van der Waals surface area (Å²) in [6.07, 6.45) is 0. The van der Waals surface area contributed by atoms with Crippen LogP contribution in [0.2, 0.25) is 5.02 Å². The number of hydrogen-bond donors (Lipinski definition) is 0. The maximum absolute atomic E-state index is 11.7. The van der Waals surface area contributed by atoms with Crippen molar-refractivity contribution in [3.8, 4) is 11.5 Å². The Balaban J connectivity index is 2.30. The predicted molar refractivity (Wildman–Crippen MR) is 80.6 cm³/mol. The topological polar surface area (TPSA) is 78.7 Å². The molecule has 0 radical (unpaired) electrons. The van der Waals surface area contributed by atoms with Crippen LogP contribution in [0, 0.1) is 10.1 Å². The normalized spacial score (nSPS) is 10.1. The van der Waals surface area contributed by atoms with Crippen LogP contribution >= 0.6 is 11.6 Å². The van der Waals surface area contributed by atoms with E-state index in [2.05, 4.69) is 0 Å². The van der Waals surface area contributed by atoms with Crippen molar-refractivity contribution in [2.75, 3.05) is 6.61 Å². The van der Waals surface area contributed by atoms with Gasteiger partial charge in [0.1, 0.15) is 5.75 Å². The van der Waals surface area contributed by atoms with E-state index in [1.54, 1.807) is 25.1 Å². The van der Waals surface area contributed by atoms with E-state index in [1.165, 1.54) is 24.3 Å². The van der Waals surface area contributed by atoms with Crippen molar-refractivity contribution >= 4 is 23.3 Å². The van der Waals surface area contributed by atoms with E-state index >= 15 is 0 Å². The predicted octanol–water partition coefficient (Wildman–Crippen LogP) is 4.22. The Hall–Kier alpha value is -2.60. The first-order valence-electron chi connectivity index (χ1n) is 6.40. The molecule has 0 amide bonds. The lowest BCUT2D eigenvalue weighted by atomic mass is 10.2. The van der Waals surface area contributed by atoms with Crippen LogP contribution in [0.3, 0.4) is 0 Å². The van der Waals surface area contributed by atoms with Crippen LogP contribution in [0.25, 0.3) is 0 Å². The molecule has 0 bridgehead atoms. The van der Waals surface area contributed by atoms with Crippen LogP contribution in [0.5, 0.6) is 11.5 Å². The highest BCUT2D eigenvalue weighted by molar-refractivity contribution is 6.30. The first-order valence-corrected chi connectivity index (χ1v) is 6.78. The number of esters is 1. The molecule has 0 heterocycles. The second-order valence-electron chi connectivity index (χ2n) is 4.22. The molecule has 0 spiro atoms. The summed E-state index contributed by atoms with van der Waals surface area (Å²) in [5.41, 5.74) is 0.0463. The highest BCUT2D eigenvalue weighted by Gasteiger charge is 2.17. The molecule has 0 saturated carbocycles. The largest absolute Gasteiger partial charge is 0.462 e. The van der Waals surface area contributed by atoms with Crippen molar-refractivity contribution in [3.05, 3.63) is 63.2 Å². The summed E-state index contributed by atoms with van der Waals surface area (Å²) in [4.78, 5) is 22.1. The van der Waals surface area contributed by atoms with Crippen LogP contribution in [-0.2, 0) is 4.74 Å². The number of nitrogens with zero attached hydrogens (tertiary/aromatic N) is 1. The van der Waals surface area contributed by atoms with Crippen LogP contribution < -0.4 is 4.74 Å². The third-order valence-electron chi connectivity index (χ3n) is 2.69. The Bertz CT molecular complexity index is 717. The van der Waals surface area contributed by atoms with Gasteiger partial charge in [0.05, 0.1) is 17.1 Å². The fourth-order valence-corrected chi connectivity index (χ4v) is 1.91. The van der Waals surface area contributed by atoms with Gasteiger partial charge < -0.3 is 9.47 Å². The molecule has 6 nitrogen and oxygen atoms in total. The quantitative estimate of drug-likeness (QED) is 0.468. The standard InChI is InChI=1S/C15H12ClNO5/c1-2-21-15(18)10-4-3-5-12(8-10)22-14-7-6-11(16)9-13(14)17(19)20/h3-9H,2H2,1H3. The maximum Gasteiger partial charge on any atom is 0.338 e. The van der Waals surface area contributed by atoms with Crippen molar-refractivity contribution in [2.24, 2.45) is 0 Å². The molecule has 2 aromatic carbocycles. The number of nitro benzene ring substituents is 1. The lowest BCUT2D eigenvalue weighted by Gasteiger charge is -2.08. The molecule has 0 saturated heterocycles. The Morgan fingerprint density at radius 2 is 2.05 bits per heavy atom. The third kappa shape index (κ3) is 3.73. The van der Waals surface area contributed by atoms with Crippen LogP contribution in [0.15, 0.2) is 42.5 Å². The molecule has 7 heteroatoms. The van der Waals surface area contributed by atoms with E-state index in [1.807, 2.05) is 0 Å². The van der Waals surface area contributed by atoms with Crippen LogP contribution in [0.1, 0.15) is 17.3 Å². The lowest BCUT2D eigenvalue weighted by molar-refractivity contribution is -0.385. The van der Waals surface area contributed by atoms with E-state index < -0.39 is 10.9 Å². The monoisotopic (exact) mass is 321 g/mol. The fourth-order valence-electron chi connectivity index (χ4n) is 1.75. The third-order valence-corrected chi connectivity index (χ3v) is 2.93. The van der Waals surface area contributed by atoms with Gasteiger partial charge in [-0.05, 0) is 37.3 Å². The summed E-state index contributed by atoms with van der Waals surface area (Å²) in [5.74, 6) is -0.162. The molecular weight excluding hydrogens is 310 g/mol. The molecule has 114 valence electrons. The molecule has 0 atom stereocenters. The average Bonchev–Trinajstić information content (AvgIpc) is 2.49. The number of halogens is 1. The molecule has 22 heavy (non-hydrogen) atoms. The number of carbonyl (C=O) groups is 1. The summed E-state index contributed by atoms with van der Waals surface area (Å²) in [5, 5.41) is 11.3. The Morgan fingerprint density at radius 3 is 2.73 bits per heavy atom. The molecule has 0 N–H and O–H groups in total. The van der Waals surface area contributed by atoms with Crippen molar-refractivity contribution < 1.29 is 19.2 Å². The SMILES string of the molecule is CCOC(=O)c1cccc(Oc2ccc(Cl)cc2[N+](=O)[O-])c1. The number of nitro groups is 1. The van der Waals surface area contributed by atoms with E-state index in [9.17, 15) is 14.9 Å². The highest BCUT2D eigenvalue weighted by Crippen LogP contribution is 2.33. The van der Waals surface area contributed by atoms with Gasteiger partial charge in [0.15, 0.2) is 0 Å². The molecule has 0 aliphatic rings. The van der Waals surface area contributed by atoms with Gasteiger partial charge >= 0.3 is 11.7 Å². The van der Waals surface area contributed by atoms with Gasteiger partial charge in [0, 0.05) is 11.1 Å². The van der Waals surface area contributed by atoms with Crippen LogP contribution in [0.4, 0.5) is 5.69 Å². The smallest absolute Gasteiger partial charge is 0.338 e. The van der Waals surface area contributed by atoms with Gasteiger partial charge in [0.25, 0.3) is 0 Å². The number of carbonyl (C=O) groups excluding carboxylic acids is 1. The molecule has 0 aliphatic heterocycles. The fraction of sp³-hybridized carbons (Fsp3) is 0.133. The second-order valence-corrected chi connectivity index (χ2v) is 4.66. The van der Waals surface area contributed by atoms with E-state index in [0.29, 0.717) is 5.56 Å². The lowest BCUT2D eigenvalue weighted by Crippen LogP contribution is -2.04. The Labute approximate surface area is 131 Å². The zero-order chi connectivity index (χ0) is 16.1. The van der Waals surface area contributed by atoms with Crippen LogP contribution in [-0.4, -0.2) is 17.5 Å². The van der Waals surface area contributed by atoms with Crippen molar-refractivity contribution in [3.63, 3.8) is 0 Å². The van der Waals surface area contributed by atoms with Crippen molar-refractivity contribution in [2.45, 2.75) is 6.92 Å². The molecule has 0 fully saturated rings. The van der Waals surface area contributed by atoms with E-state index in [4.69, 9.17) is 21.1 Å². The molecule has 0 aliphatic carbocycles. The van der Waals surface area contributed by atoms with E-state index in [-0.39, 0.29) is 28.8 Å². The van der Waals surface area contributed by atoms with Gasteiger partial charge in [-0.15, -0.1) is 0 Å². The number of hydrogen-bond acceptors (Lipinski definition) is 5. The molecule has 0 aromatic heterocycles. The summed E-state index contributed by atoms with van der Waals surface area (Å²) in [7, 11) is 0. The molecule has 2 aromatic rings.